The predicted octanol–water partition coefficient (Wildman–Crippen LogP) is 3.59. The Kier molecular flexibility index (Phi) is 4.54. The summed E-state index contributed by atoms with van der Waals surface area (Å²) >= 11 is 0. The first-order chi connectivity index (χ1) is 13.6. The quantitative estimate of drug-likeness (QED) is 0.761. The molecule has 3 aliphatic rings. The third-order valence-electron chi connectivity index (χ3n) is 6.42. The summed E-state index contributed by atoms with van der Waals surface area (Å²) in [5.74, 6) is 0.539. The molecule has 28 heavy (non-hydrogen) atoms. The maximum Gasteiger partial charge on any atom is 0.0782 e. The van der Waals surface area contributed by atoms with Gasteiger partial charge >= 0.3 is 0 Å². The van der Waals surface area contributed by atoms with Crippen LogP contribution in [-0.2, 0) is 11.3 Å². The zero-order valence-corrected chi connectivity index (χ0v) is 16.7. The maximum absolute atomic E-state index is 10.2. The number of aryl methyl sites for hydroxylation is 1. The summed E-state index contributed by atoms with van der Waals surface area (Å²) in [4.78, 5) is 2.60. The van der Waals surface area contributed by atoms with Crippen molar-refractivity contribution in [3.63, 3.8) is 0 Å². The van der Waals surface area contributed by atoms with Crippen LogP contribution < -0.4 is 15.5 Å². The number of nitrogens with zero attached hydrogens (tertiary/aromatic N) is 1. The van der Waals surface area contributed by atoms with Crippen LogP contribution in [0.4, 0.5) is 17.1 Å². The lowest BCUT2D eigenvalue weighted by Gasteiger charge is -2.33. The van der Waals surface area contributed by atoms with Crippen molar-refractivity contribution < 1.29 is 9.84 Å². The van der Waals surface area contributed by atoms with E-state index >= 15 is 0 Å². The molecule has 5 nitrogen and oxygen atoms in total. The highest BCUT2D eigenvalue weighted by molar-refractivity contribution is 5.75. The predicted molar refractivity (Wildman–Crippen MR) is 113 cm³/mol. The highest BCUT2D eigenvalue weighted by Gasteiger charge is 2.41. The second-order valence-corrected chi connectivity index (χ2v) is 8.38. The van der Waals surface area contributed by atoms with Gasteiger partial charge in [0.15, 0.2) is 0 Å². The van der Waals surface area contributed by atoms with Gasteiger partial charge in [0, 0.05) is 53.2 Å². The van der Waals surface area contributed by atoms with Crippen LogP contribution in [0, 0.1) is 6.92 Å². The first-order valence-electron chi connectivity index (χ1n) is 10.4. The molecule has 3 atom stereocenters. The molecule has 2 aromatic carbocycles. The minimum atomic E-state index is -0.510. The van der Waals surface area contributed by atoms with Gasteiger partial charge in [-0.3, -0.25) is 0 Å². The lowest BCUT2D eigenvalue weighted by Crippen LogP contribution is -2.44. The van der Waals surface area contributed by atoms with Crippen molar-refractivity contribution in [2.24, 2.45) is 0 Å². The Hall–Kier alpha value is -2.08. The van der Waals surface area contributed by atoms with E-state index in [9.17, 15) is 5.11 Å². The summed E-state index contributed by atoms with van der Waals surface area (Å²) < 4.78 is 5.92. The topological polar surface area (TPSA) is 56.8 Å². The summed E-state index contributed by atoms with van der Waals surface area (Å²) in [5, 5.41) is 17.4. The van der Waals surface area contributed by atoms with Crippen molar-refractivity contribution >= 4 is 17.1 Å². The van der Waals surface area contributed by atoms with E-state index < -0.39 is 6.10 Å². The number of rotatable bonds is 3. The van der Waals surface area contributed by atoms with Gasteiger partial charge in [-0.2, -0.15) is 0 Å². The Balaban J connectivity index is 1.56. The van der Waals surface area contributed by atoms with Gasteiger partial charge in [-0.1, -0.05) is 17.7 Å². The van der Waals surface area contributed by atoms with Crippen LogP contribution in [0.2, 0.25) is 0 Å². The monoisotopic (exact) mass is 379 g/mol. The van der Waals surface area contributed by atoms with Crippen LogP contribution in [0.15, 0.2) is 30.3 Å². The molecule has 0 amide bonds. The number of fused-ring (bicyclic) bond motifs is 3. The standard InChI is InChI=1S/C23H29N3O2/c1-14-3-4-21(18(9-14)15(2)27)25-17-10-16-13-28-8-7-26-22-5-6-24-12-20(22)19(11-17)23(16)26/h3-4,9-11,15,20,22,24-25,27H,5-8,12-13H2,1-2H3/t15?,20-,22-/m0/s1. The van der Waals surface area contributed by atoms with Crippen molar-refractivity contribution in [3.05, 3.63) is 52.6 Å². The van der Waals surface area contributed by atoms with E-state index in [1.165, 1.54) is 23.2 Å². The number of aliphatic hydroxyl groups is 1. The minimum absolute atomic E-state index is 0.510. The van der Waals surface area contributed by atoms with Crippen LogP contribution in [0.1, 0.15) is 47.6 Å². The lowest BCUT2D eigenvalue weighted by atomic mass is 9.89. The molecule has 148 valence electrons. The number of hydrogen-bond acceptors (Lipinski definition) is 5. The Morgan fingerprint density at radius 2 is 2.18 bits per heavy atom. The molecule has 0 aliphatic carbocycles. The molecule has 1 unspecified atom stereocenters. The van der Waals surface area contributed by atoms with Gasteiger partial charge in [0.25, 0.3) is 0 Å². The van der Waals surface area contributed by atoms with Crippen LogP contribution >= 0.6 is 0 Å². The third kappa shape index (κ3) is 2.98. The lowest BCUT2D eigenvalue weighted by molar-refractivity contribution is 0.130. The van der Waals surface area contributed by atoms with Crippen molar-refractivity contribution in [2.75, 3.05) is 36.5 Å². The Morgan fingerprint density at radius 1 is 1.29 bits per heavy atom. The average Bonchev–Trinajstić information content (AvgIpc) is 2.85. The van der Waals surface area contributed by atoms with E-state index in [0.29, 0.717) is 18.6 Å². The van der Waals surface area contributed by atoms with Gasteiger partial charge in [-0.05, 0) is 50.6 Å². The Bertz CT molecular complexity index is 896. The smallest absolute Gasteiger partial charge is 0.0782 e. The van der Waals surface area contributed by atoms with Gasteiger partial charge in [0.05, 0.1) is 19.3 Å². The molecule has 1 fully saturated rings. The maximum atomic E-state index is 10.2. The molecular formula is C23H29N3O2. The molecule has 3 aliphatic heterocycles. The SMILES string of the molecule is Cc1ccc(Nc2cc3c4c(c2)[C@@H]2CNCC[C@@H]2N4CCOC3)c(C(C)O)c1. The number of aliphatic hydroxyl groups excluding tert-OH is 1. The molecule has 0 radical (unpaired) electrons. The molecule has 0 spiro atoms. The molecule has 0 aromatic heterocycles. The first kappa shape index (κ1) is 18.0. The van der Waals surface area contributed by atoms with Crippen LogP contribution in [0.25, 0.3) is 0 Å². The van der Waals surface area contributed by atoms with Gasteiger partial charge in [-0.25, -0.2) is 0 Å². The summed E-state index contributed by atoms with van der Waals surface area (Å²) in [6.07, 6.45) is 0.676. The zero-order valence-electron chi connectivity index (χ0n) is 16.7. The molecule has 5 rings (SSSR count). The number of benzene rings is 2. The number of piperidine rings is 1. The van der Waals surface area contributed by atoms with Crippen LogP contribution in [0.3, 0.4) is 0 Å². The van der Waals surface area contributed by atoms with Gasteiger partial charge < -0.3 is 25.4 Å². The highest BCUT2D eigenvalue weighted by Crippen LogP contribution is 2.47. The van der Waals surface area contributed by atoms with E-state index in [-0.39, 0.29) is 0 Å². The van der Waals surface area contributed by atoms with Crippen LogP contribution in [-0.4, -0.2) is 37.4 Å². The summed E-state index contributed by atoms with van der Waals surface area (Å²) in [6, 6.07) is 11.3. The van der Waals surface area contributed by atoms with Crippen molar-refractivity contribution in [2.45, 2.75) is 44.9 Å². The van der Waals surface area contributed by atoms with Crippen molar-refractivity contribution in [1.29, 1.82) is 0 Å². The fourth-order valence-electron chi connectivity index (χ4n) is 5.15. The average molecular weight is 380 g/mol. The third-order valence-corrected chi connectivity index (χ3v) is 6.42. The fraction of sp³-hybridized carbons (Fsp3) is 0.478. The molecular weight excluding hydrogens is 350 g/mol. The molecule has 2 aromatic rings. The van der Waals surface area contributed by atoms with Gasteiger partial charge in [-0.15, -0.1) is 0 Å². The second kappa shape index (κ2) is 7.07. The molecule has 5 heteroatoms. The zero-order chi connectivity index (χ0) is 19.3. The number of nitrogens with one attached hydrogen (secondary N) is 2. The molecule has 3 N–H and O–H groups in total. The normalized spacial score (nSPS) is 24.3. The minimum Gasteiger partial charge on any atom is -0.389 e. The number of ether oxygens (including phenoxy) is 1. The molecule has 1 saturated heterocycles. The van der Waals surface area contributed by atoms with Gasteiger partial charge in [0.2, 0.25) is 0 Å². The molecule has 3 heterocycles. The second-order valence-electron chi connectivity index (χ2n) is 8.38. The molecule has 0 saturated carbocycles. The van der Waals surface area contributed by atoms with E-state index in [0.717, 1.165) is 48.7 Å². The van der Waals surface area contributed by atoms with E-state index in [1.807, 2.05) is 6.92 Å². The number of anilines is 3. The Labute approximate surface area is 166 Å². The largest absolute Gasteiger partial charge is 0.389 e. The summed E-state index contributed by atoms with van der Waals surface area (Å²) in [5.41, 5.74) is 8.25. The summed E-state index contributed by atoms with van der Waals surface area (Å²) in [6.45, 7) is 8.45. The van der Waals surface area contributed by atoms with Gasteiger partial charge in [0.1, 0.15) is 0 Å². The fourth-order valence-corrected chi connectivity index (χ4v) is 5.15. The van der Waals surface area contributed by atoms with E-state index in [2.05, 4.69) is 52.8 Å². The molecule has 0 bridgehead atoms. The van der Waals surface area contributed by atoms with Crippen molar-refractivity contribution in [3.8, 4) is 0 Å². The van der Waals surface area contributed by atoms with Crippen molar-refractivity contribution in [1.82, 2.24) is 5.32 Å². The summed E-state index contributed by atoms with van der Waals surface area (Å²) in [7, 11) is 0. The van der Waals surface area contributed by atoms with E-state index in [1.54, 1.807) is 0 Å². The van der Waals surface area contributed by atoms with Crippen LogP contribution in [0.5, 0.6) is 0 Å². The first-order valence-corrected chi connectivity index (χ1v) is 10.4. The highest BCUT2D eigenvalue weighted by atomic mass is 16.5. The van der Waals surface area contributed by atoms with E-state index in [4.69, 9.17) is 4.74 Å². The Morgan fingerprint density at radius 3 is 3.04 bits per heavy atom. The number of hydrogen-bond donors (Lipinski definition) is 3.